The van der Waals surface area contributed by atoms with Gasteiger partial charge in [-0.1, -0.05) is 6.92 Å². The number of esters is 1. The number of aliphatic hydroxyl groups excluding tert-OH is 2. The first-order chi connectivity index (χ1) is 12.7. The summed E-state index contributed by atoms with van der Waals surface area (Å²) in [4.78, 5) is 25.7. The quantitative estimate of drug-likeness (QED) is 0.627. The van der Waals surface area contributed by atoms with Crippen molar-refractivity contribution in [1.29, 1.82) is 0 Å². The zero-order valence-electron chi connectivity index (χ0n) is 15.9. The molecule has 0 aromatic rings. The Hall–Kier alpha value is -0.980. The third-order valence-corrected chi connectivity index (χ3v) is 9.48. The summed E-state index contributed by atoms with van der Waals surface area (Å²) in [5, 5.41) is 31.1. The van der Waals surface area contributed by atoms with Crippen LogP contribution >= 0.6 is 0 Å². The largest absolute Gasteiger partial charge is 0.458 e. The van der Waals surface area contributed by atoms with Crippen molar-refractivity contribution in [3.05, 3.63) is 0 Å². The van der Waals surface area contributed by atoms with E-state index in [9.17, 15) is 24.9 Å². The van der Waals surface area contributed by atoms with E-state index in [2.05, 4.69) is 6.92 Å². The zero-order chi connectivity index (χ0) is 19.2. The van der Waals surface area contributed by atoms with Gasteiger partial charge in [-0.2, -0.15) is 0 Å². The summed E-state index contributed by atoms with van der Waals surface area (Å²) >= 11 is 0. The number of Topliss-reactive ketones (excluding diaryl/α,β-unsaturated/α-hetero) is 1. The van der Waals surface area contributed by atoms with Crippen LogP contribution < -0.4 is 0 Å². The molecule has 8 atom stereocenters. The van der Waals surface area contributed by atoms with Gasteiger partial charge in [0.1, 0.15) is 17.6 Å². The van der Waals surface area contributed by atoms with Crippen molar-refractivity contribution in [2.75, 3.05) is 6.61 Å². The number of rotatable bonds is 2. The van der Waals surface area contributed by atoms with E-state index in [1.807, 2.05) is 0 Å². The maximum Gasteiger partial charge on any atom is 0.316 e. The van der Waals surface area contributed by atoms with Crippen molar-refractivity contribution in [3.63, 3.8) is 0 Å². The highest BCUT2D eigenvalue weighted by molar-refractivity contribution is 5.85. The highest BCUT2D eigenvalue weighted by Crippen LogP contribution is 2.74. The molecule has 5 aliphatic rings. The molecule has 0 radical (unpaired) electrons. The predicted octanol–water partition coefficient (Wildman–Crippen LogP) is 1.34. The van der Waals surface area contributed by atoms with E-state index in [1.54, 1.807) is 0 Å². The van der Waals surface area contributed by atoms with E-state index >= 15 is 0 Å². The molecule has 6 nitrogen and oxygen atoms in total. The van der Waals surface area contributed by atoms with Crippen LogP contribution in [0.5, 0.6) is 0 Å². The second-order valence-corrected chi connectivity index (χ2v) is 10.1. The van der Waals surface area contributed by atoms with Gasteiger partial charge >= 0.3 is 5.97 Å². The topological polar surface area (TPSA) is 104 Å². The number of aliphatic hydroxyl groups is 3. The fourth-order valence-corrected chi connectivity index (χ4v) is 8.40. The molecule has 2 bridgehead atoms. The Bertz CT molecular complexity index is 707. The van der Waals surface area contributed by atoms with Crippen LogP contribution in [0.25, 0.3) is 0 Å². The molecule has 3 N–H and O–H groups in total. The third kappa shape index (κ3) is 1.88. The van der Waals surface area contributed by atoms with Crippen molar-refractivity contribution >= 4 is 11.8 Å². The van der Waals surface area contributed by atoms with Gasteiger partial charge in [-0.15, -0.1) is 0 Å². The number of carbonyl (C=O) groups excluding carboxylic acids is 2. The SMILES string of the molecule is CC12CCC3C4(CCC5(O)CC(O)CCC35C(=O)O4)C1CCC2C(=O)CO. The van der Waals surface area contributed by atoms with Crippen LogP contribution in [0.3, 0.4) is 0 Å². The molecule has 27 heavy (non-hydrogen) atoms. The van der Waals surface area contributed by atoms with Crippen LogP contribution in [-0.2, 0) is 14.3 Å². The maximum absolute atomic E-state index is 13.3. The lowest BCUT2D eigenvalue weighted by Gasteiger charge is -2.61. The van der Waals surface area contributed by atoms with Crippen molar-refractivity contribution in [3.8, 4) is 0 Å². The summed E-state index contributed by atoms with van der Waals surface area (Å²) in [5.41, 5.74) is -2.93. The van der Waals surface area contributed by atoms with E-state index < -0.39 is 29.3 Å². The van der Waals surface area contributed by atoms with Gasteiger partial charge in [0.2, 0.25) is 0 Å². The summed E-state index contributed by atoms with van der Waals surface area (Å²) in [7, 11) is 0. The monoisotopic (exact) mass is 378 g/mol. The standard InChI is InChI=1S/C21H30O6/c1-18-6-5-16-20-7-4-12(23)10-19(20,26)8-9-21(16,27-17(20)25)15(18)3-2-13(18)14(24)11-22/h12-13,15-16,22-23,26H,2-11H2,1H3. The molecular formula is C21H30O6. The minimum Gasteiger partial charge on any atom is -0.458 e. The number of carbonyl (C=O) groups is 2. The lowest BCUT2D eigenvalue weighted by molar-refractivity contribution is -0.215. The van der Waals surface area contributed by atoms with Gasteiger partial charge in [0.05, 0.1) is 11.7 Å². The van der Waals surface area contributed by atoms with Gasteiger partial charge in [0, 0.05) is 24.2 Å². The zero-order valence-corrected chi connectivity index (χ0v) is 15.9. The third-order valence-electron chi connectivity index (χ3n) is 9.48. The molecule has 5 fully saturated rings. The molecule has 1 heterocycles. The first-order valence-corrected chi connectivity index (χ1v) is 10.5. The Morgan fingerprint density at radius 1 is 1.11 bits per heavy atom. The first kappa shape index (κ1) is 18.1. The van der Waals surface area contributed by atoms with Crippen molar-refractivity contribution < 1.29 is 29.6 Å². The molecule has 150 valence electrons. The van der Waals surface area contributed by atoms with E-state index in [4.69, 9.17) is 4.74 Å². The lowest BCUT2D eigenvalue weighted by atomic mass is 9.42. The lowest BCUT2D eigenvalue weighted by Crippen LogP contribution is -2.67. The molecule has 0 amide bonds. The molecule has 4 aliphatic carbocycles. The van der Waals surface area contributed by atoms with Crippen molar-refractivity contribution in [2.24, 2.45) is 28.6 Å². The Morgan fingerprint density at radius 3 is 2.63 bits per heavy atom. The fourth-order valence-electron chi connectivity index (χ4n) is 8.40. The van der Waals surface area contributed by atoms with Crippen molar-refractivity contribution in [1.82, 2.24) is 0 Å². The van der Waals surface area contributed by atoms with Gasteiger partial charge in [-0.05, 0) is 56.8 Å². The van der Waals surface area contributed by atoms with Crippen LogP contribution in [0.1, 0.15) is 64.7 Å². The van der Waals surface area contributed by atoms with Crippen LogP contribution in [0.4, 0.5) is 0 Å². The molecule has 6 heteroatoms. The van der Waals surface area contributed by atoms with Crippen LogP contribution in [0.2, 0.25) is 0 Å². The predicted molar refractivity (Wildman–Crippen MR) is 94.4 cm³/mol. The summed E-state index contributed by atoms with van der Waals surface area (Å²) < 4.78 is 6.22. The molecule has 1 aliphatic heterocycles. The Kier molecular flexibility index (Phi) is 3.57. The number of ketones is 1. The summed E-state index contributed by atoms with van der Waals surface area (Å²) in [6, 6.07) is 0. The van der Waals surface area contributed by atoms with Gasteiger partial charge in [0.25, 0.3) is 0 Å². The number of ether oxygens (including phenoxy) is 1. The second-order valence-electron chi connectivity index (χ2n) is 10.1. The van der Waals surface area contributed by atoms with E-state index in [1.165, 1.54) is 0 Å². The van der Waals surface area contributed by atoms with Crippen LogP contribution in [-0.4, -0.2) is 51.0 Å². The number of hydrogen-bond donors (Lipinski definition) is 3. The summed E-state index contributed by atoms with van der Waals surface area (Å²) in [6.45, 7) is 1.71. The molecule has 0 aromatic carbocycles. The molecule has 4 saturated carbocycles. The van der Waals surface area contributed by atoms with Gasteiger partial charge < -0.3 is 20.1 Å². The van der Waals surface area contributed by atoms with E-state index in [-0.39, 0.29) is 41.3 Å². The number of fused-ring (bicyclic) bond motifs is 1. The summed E-state index contributed by atoms with van der Waals surface area (Å²) in [6.07, 6.45) is 4.92. The second kappa shape index (κ2) is 5.33. The molecule has 0 aromatic heterocycles. The maximum atomic E-state index is 13.3. The highest BCUT2D eigenvalue weighted by Gasteiger charge is 2.80. The van der Waals surface area contributed by atoms with E-state index in [0.717, 1.165) is 25.7 Å². The average molecular weight is 378 g/mol. The molecule has 8 unspecified atom stereocenters. The molecule has 5 rings (SSSR count). The fraction of sp³-hybridized carbons (Fsp3) is 0.905. The smallest absolute Gasteiger partial charge is 0.316 e. The normalized spacial score (nSPS) is 56.1. The van der Waals surface area contributed by atoms with Gasteiger partial charge in [-0.25, -0.2) is 0 Å². The summed E-state index contributed by atoms with van der Waals surface area (Å²) in [5.74, 6) is -0.483. The van der Waals surface area contributed by atoms with Gasteiger partial charge in [-0.3, -0.25) is 9.59 Å². The first-order valence-electron chi connectivity index (χ1n) is 10.5. The molecule has 1 spiro atoms. The number of hydrogen-bond acceptors (Lipinski definition) is 6. The Balaban J connectivity index is 1.58. The molecular weight excluding hydrogens is 348 g/mol. The van der Waals surface area contributed by atoms with Crippen LogP contribution in [0.15, 0.2) is 0 Å². The highest BCUT2D eigenvalue weighted by atomic mass is 16.6. The average Bonchev–Trinajstić information content (AvgIpc) is 3.07. The van der Waals surface area contributed by atoms with Crippen molar-refractivity contribution in [2.45, 2.75) is 82.0 Å². The molecule has 1 saturated heterocycles. The Morgan fingerprint density at radius 2 is 1.89 bits per heavy atom. The minimum absolute atomic E-state index is 0.0372. The van der Waals surface area contributed by atoms with E-state index in [0.29, 0.717) is 25.7 Å². The van der Waals surface area contributed by atoms with Crippen LogP contribution in [0, 0.1) is 28.6 Å². The van der Waals surface area contributed by atoms with Gasteiger partial charge in [0.15, 0.2) is 5.78 Å². The Labute approximate surface area is 159 Å². The minimum atomic E-state index is -1.18.